The van der Waals surface area contributed by atoms with Gasteiger partial charge in [0.15, 0.2) is 0 Å². The Balaban J connectivity index is 2.29. The van der Waals surface area contributed by atoms with Crippen LogP contribution in [-0.4, -0.2) is 53.2 Å². The maximum atomic E-state index is 11.8. The minimum atomic E-state index is -0.918. The van der Waals surface area contributed by atoms with Crippen LogP contribution in [0.3, 0.4) is 0 Å². The molecule has 1 aliphatic heterocycles. The summed E-state index contributed by atoms with van der Waals surface area (Å²) in [5.41, 5.74) is -0.741. The van der Waals surface area contributed by atoms with Crippen LogP contribution in [-0.2, 0) is 4.79 Å². The Morgan fingerprint density at radius 2 is 2.05 bits per heavy atom. The highest BCUT2D eigenvalue weighted by Gasteiger charge is 2.26. The number of amides is 2. The van der Waals surface area contributed by atoms with Gasteiger partial charge in [0.1, 0.15) is 0 Å². The van der Waals surface area contributed by atoms with E-state index < -0.39 is 11.5 Å². The number of hydrogen-bond acceptors (Lipinski definition) is 3. The quantitative estimate of drug-likeness (QED) is 0.686. The van der Waals surface area contributed by atoms with Gasteiger partial charge in [-0.1, -0.05) is 0 Å². The summed E-state index contributed by atoms with van der Waals surface area (Å²) >= 11 is 0. The molecule has 6 nitrogen and oxygen atoms in total. The summed E-state index contributed by atoms with van der Waals surface area (Å²) in [6, 6.07) is 0.252. The number of carboxylic acid groups (broad SMARTS) is 1. The van der Waals surface area contributed by atoms with Crippen LogP contribution in [0.1, 0.15) is 40.5 Å². The van der Waals surface area contributed by atoms with Crippen molar-refractivity contribution in [1.29, 1.82) is 0 Å². The summed E-state index contributed by atoms with van der Waals surface area (Å²) in [7, 11) is 0. The third-order valence-electron chi connectivity index (χ3n) is 3.64. The van der Waals surface area contributed by atoms with Crippen LogP contribution in [0.25, 0.3) is 0 Å². The van der Waals surface area contributed by atoms with Gasteiger partial charge in [0.2, 0.25) is 0 Å². The normalized spacial score (nSPS) is 20.1. The zero-order valence-electron chi connectivity index (χ0n) is 12.9. The van der Waals surface area contributed by atoms with Gasteiger partial charge in [-0.3, -0.25) is 4.79 Å². The molecule has 1 aliphatic rings. The van der Waals surface area contributed by atoms with E-state index in [1.807, 2.05) is 0 Å². The molecule has 0 aliphatic carbocycles. The second-order valence-electron chi connectivity index (χ2n) is 6.53. The monoisotopic (exact) mass is 285 g/mol. The Kier molecular flexibility index (Phi) is 5.80. The summed E-state index contributed by atoms with van der Waals surface area (Å²) in [4.78, 5) is 24.9. The lowest BCUT2D eigenvalue weighted by atomic mass is 10.0. The van der Waals surface area contributed by atoms with E-state index in [4.69, 9.17) is 5.11 Å². The first-order chi connectivity index (χ1) is 9.19. The SMILES string of the molecule is CC(C)N1CCC(CNC(=O)NC(C)(C)CC(=O)O)C1. The number of nitrogens with one attached hydrogen (secondary N) is 2. The number of urea groups is 1. The van der Waals surface area contributed by atoms with Crippen LogP contribution in [0.2, 0.25) is 0 Å². The van der Waals surface area contributed by atoms with Crippen molar-refractivity contribution in [2.24, 2.45) is 5.92 Å². The standard InChI is InChI=1S/C14H27N3O3/c1-10(2)17-6-5-11(9-17)8-15-13(20)16-14(3,4)7-12(18)19/h10-11H,5-9H2,1-4H3,(H,18,19)(H2,15,16,20). The molecule has 116 valence electrons. The molecule has 0 aromatic rings. The average molecular weight is 285 g/mol. The van der Waals surface area contributed by atoms with E-state index in [9.17, 15) is 9.59 Å². The van der Waals surface area contributed by atoms with E-state index >= 15 is 0 Å². The van der Waals surface area contributed by atoms with Gasteiger partial charge >= 0.3 is 12.0 Å². The molecule has 1 rings (SSSR count). The van der Waals surface area contributed by atoms with Crippen molar-refractivity contribution < 1.29 is 14.7 Å². The van der Waals surface area contributed by atoms with E-state index in [2.05, 4.69) is 29.4 Å². The average Bonchev–Trinajstić information content (AvgIpc) is 2.72. The van der Waals surface area contributed by atoms with Gasteiger partial charge in [-0.2, -0.15) is 0 Å². The van der Waals surface area contributed by atoms with E-state index in [0.717, 1.165) is 19.5 Å². The molecule has 6 heteroatoms. The molecule has 0 saturated carbocycles. The van der Waals surface area contributed by atoms with Crippen LogP contribution in [0.15, 0.2) is 0 Å². The van der Waals surface area contributed by atoms with Crippen molar-refractivity contribution in [3.8, 4) is 0 Å². The molecule has 1 fully saturated rings. The number of carbonyl (C=O) groups excluding carboxylic acids is 1. The van der Waals surface area contributed by atoms with E-state index in [-0.39, 0.29) is 12.5 Å². The summed E-state index contributed by atoms with van der Waals surface area (Å²) < 4.78 is 0. The summed E-state index contributed by atoms with van der Waals surface area (Å²) in [6.07, 6.45) is 1.00. The van der Waals surface area contributed by atoms with Crippen molar-refractivity contribution in [2.45, 2.75) is 52.1 Å². The largest absolute Gasteiger partial charge is 0.481 e. The van der Waals surface area contributed by atoms with Crippen molar-refractivity contribution >= 4 is 12.0 Å². The molecule has 20 heavy (non-hydrogen) atoms. The number of carbonyl (C=O) groups is 2. The second-order valence-corrected chi connectivity index (χ2v) is 6.53. The molecule has 0 spiro atoms. The minimum absolute atomic E-state index is 0.0923. The molecule has 1 heterocycles. The van der Waals surface area contributed by atoms with Crippen LogP contribution in [0.5, 0.6) is 0 Å². The van der Waals surface area contributed by atoms with Crippen LogP contribution < -0.4 is 10.6 Å². The van der Waals surface area contributed by atoms with Crippen molar-refractivity contribution in [1.82, 2.24) is 15.5 Å². The molecule has 0 radical (unpaired) electrons. The first-order valence-corrected chi connectivity index (χ1v) is 7.21. The van der Waals surface area contributed by atoms with Crippen LogP contribution in [0.4, 0.5) is 4.79 Å². The fourth-order valence-corrected chi connectivity index (χ4v) is 2.51. The first-order valence-electron chi connectivity index (χ1n) is 7.21. The van der Waals surface area contributed by atoms with E-state index in [1.165, 1.54) is 0 Å². The predicted octanol–water partition coefficient (Wildman–Crippen LogP) is 1.27. The molecule has 0 bridgehead atoms. The minimum Gasteiger partial charge on any atom is -0.481 e. The fourth-order valence-electron chi connectivity index (χ4n) is 2.51. The molecule has 1 atom stereocenters. The van der Waals surface area contributed by atoms with Crippen molar-refractivity contribution in [3.63, 3.8) is 0 Å². The van der Waals surface area contributed by atoms with E-state index in [1.54, 1.807) is 13.8 Å². The highest BCUT2D eigenvalue weighted by Crippen LogP contribution is 2.17. The first kappa shape index (κ1) is 16.8. The Hall–Kier alpha value is -1.30. The van der Waals surface area contributed by atoms with E-state index in [0.29, 0.717) is 18.5 Å². The predicted molar refractivity (Wildman–Crippen MR) is 77.7 cm³/mol. The highest BCUT2D eigenvalue weighted by atomic mass is 16.4. The number of rotatable bonds is 6. The molecule has 3 N–H and O–H groups in total. The number of likely N-dealkylation sites (tertiary alicyclic amines) is 1. The van der Waals surface area contributed by atoms with Gasteiger partial charge in [0.25, 0.3) is 0 Å². The molecule has 0 aromatic heterocycles. The van der Waals surface area contributed by atoms with Gasteiger partial charge < -0.3 is 20.6 Å². The molecular weight excluding hydrogens is 258 g/mol. The Morgan fingerprint density at radius 3 is 2.55 bits per heavy atom. The Labute approximate surface area is 120 Å². The Morgan fingerprint density at radius 1 is 1.40 bits per heavy atom. The van der Waals surface area contributed by atoms with Gasteiger partial charge in [-0.15, -0.1) is 0 Å². The van der Waals surface area contributed by atoms with Gasteiger partial charge in [0, 0.05) is 24.7 Å². The van der Waals surface area contributed by atoms with Crippen LogP contribution >= 0.6 is 0 Å². The molecule has 1 saturated heterocycles. The number of hydrogen-bond donors (Lipinski definition) is 3. The maximum Gasteiger partial charge on any atom is 0.315 e. The number of carboxylic acids is 1. The maximum absolute atomic E-state index is 11.8. The zero-order valence-corrected chi connectivity index (χ0v) is 12.9. The van der Waals surface area contributed by atoms with Crippen LogP contribution in [0, 0.1) is 5.92 Å². The lowest BCUT2D eigenvalue weighted by molar-refractivity contribution is -0.138. The fraction of sp³-hybridized carbons (Fsp3) is 0.857. The molecule has 2 amide bonds. The highest BCUT2D eigenvalue weighted by molar-refractivity contribution is 5.76. The summed E-state index contributed by atoms with van der Waals surface area (Å²) in [5, 5.41) is 14.3. The molecule has 1 unspecified atom stereocenters. The third kappa shape index (κ3) is 5.77. The zero-order chi connectivity index (χ0) is 15.3. The number of aliphatic carboxylic acids is 1. The van der Waals surface area contributed by atoms with Crippen molar-refractivity contribution in [2.75, 3.05) is 19.6 Å². The molecule has 0 aromatic carbocycles. The van der Waals surface area contributed by atoms with Gasteiger partial charge in [0.05, 0.1) is 6.42 Å². The Bertz CT molecular complexity index is 356. The summed E-state index contributed by atoms with van der Waals surface area (Å²) in [6.45, 7) is 10.5. The smallest absolute Gasteiger partial charge is 0.315 e. The topological polar surface area (TPSA) is 81.7 Å². The van der Waals surface area contributed by atoms with Gasteiger partial charge in [-0.25, -0.2) is 4.79 Å². The lowest BCUT2D eigenvalue weighted by Crippen LogP contribution is -2.50. The third-order valence-corrected chi connectivity index (χ3v) is 3.64. The second kappa shape index (κ2) is 6.92. The summed E-state index contributed by atoms with van der Waals surface area (Å²) in [5.74, 6) is -0.440. The lowest BCUT2D eigenvalue weighted by Gasteiger charge is -2.25. The number of nitrogens with zero attached hydrogens (tertiary/aromatic N) is 1. The molecular formula is C14H27N3O3. The van der Waals surface area contributed by atoms with Gasteiger partial charge in [-0.05, 0) is 46.6 Å². The van der Waals surface area contributed by atoms with Crippen molar-refractivity contribution in [3.05, 3.63) is 0 Å².